The SMILES string of the molecule is CC(C)OC(=O)c1ccc(N2CC(C(N)=O)CC2=O)cc1. The van der Waals surface area contributed by atoms with Crippen molar-refractivity contribution in [3.8, 4) is 0 Å². The highest BCUT2D eigenvalue weighted by molar-refractivity contribution is 6.00. The minimum Gasteiger partial charge on any atom is -0.459 e. The van der Waals surface area contributed by atoms with Gasteiger partial charge in [-0.15, -0.1) is 0 Å². The van der Waals surface area contributed by atoms with E-state index in [0.29, 0.717) is 11.3 Å². The van der Waals surface area contributed by atoms with Crippen molar-refractivity contribution in [3.63, 3.8) is 0 Å². The molecular formula is C15H18N2O4. The summed E-state index contributed by atoms with van der Waals surface area (Å²) in [5.41, 5.74) is 6.30. The molecule has 0 saturated carbocycles. The lowest BCUT2D eigenvalue weighted by molar-refractivity contribution is -0.123. The van der Waals surface area contributed by atoms with Gasteiger partial charge < -0.3 is 15.4 Å². The maximum absolute atomic E-state index is 11.9. The lowest BCUT2D eigenvalue weighted by Gasteiger charge is -2.16. The van der Waals surface area contributed by atoms with Gasteiger partial charge >= 0.3 is 5.97 Å². The molecule has 0 bridgehead atoms. The van der Waals surface area contributed by atoms with Crippen LogP contribution in [0.5, 0.6) is 0 Å². The molecule has 1 saturated heterocycles. The van der Waals surface area contributed by atoms with Crippen LogP contribution in [0.2, 0.25) is 0 Å². The summed E-state index contributed by atoms with van der Waals surface area (Å²) in [6.07, 6.45) is -0.0550. The Morgan fingerprint density at radius 2 is 1.90 bits per heavy atom. The summed E-state index contributed by atoms with van der Waals surface area (Å²) in [5.74, 6) is -1.47. The largest absolute Gasteiger partial charge is 0.459 e. The van der Waals surface area contributed by atoms with Crippen molar-refractivity contribution in [2.45, 2.75) is 26.4 Å². The summed E-state index contributed by atoms with van der Waals surface area (Å²) in [6.45, 7) is 3.84. The first-order valence-corrected chi connectivity index (χ1v) is 6.79. The molecule has 1 unspecified atom stereocenters. The van der Waals surface area contributed by atoms with Crippen LogP contribution in [0.1, 0.15) is 30.6 Å². The Hall–Kier alpha value is -2.37. The maximum atomic E-state index is 11.9. The molecule has 1 atom stereocenters. The second-order valence-electron chi connectivity index (χ2n) is 5.31. The molecular weight excluding hydrogens is 272 g/mol. The van der Waals surface area contributed by atoms with Crippen LogP contribution >= 0.6 is 0 Å². The Morgan fingerprint density at radius 1 is 1.29 bits per heavy atom. The predicted octanol–water partition coefficient (Wildman–Crippen LogP) is 1.09. The highest BCUT2D eigenvalue weighted by Crippen LogP contribution is 2.25. The van der Waals surface area contributed by atoms with Gasteiger partial charge in [-0.3, -0.25) is 9.59 Å². The molecule has 2 amide bonds. The third kappa shape index (κ3) is 3.39. The summed E-state index contributed by atoms with van der Waals surface area (Å²) < 4.78 is 5.09. The highest BCUT2D eigenvalue weighted by Gasteiger charge is 2.33. The number of nitrogens with two attached hydrogens (primary N) is 1. The second-order valence-corrected chi connectivity index (χ2v) is 5.31. The number of amides is 2. The molecule has 1 aromatic carbocycles. The molecule has 1 heterocycles. The van der Waals surface area contributed by atoms with Crippen LogP contribution in [0.3, 0.4) is 0 Å². The van der Waals surface area contributed by atoms with Gasteiger partial charge in [0.1, 0.15) is 0 Å². The predicted molar refractivity (Wildman–Crippen MR) is 76.6 cm³/mol. The van der Waals surface area contributed by atoms with Gasteiger partial charge in [0.2, 0.25) is 11.8 Å². The van der Waals surface area contributed by atoms with Crippen molar-refractivity contribution in [3.05, 3.63) is 29.8 Å². The number of rotatable bonds is 4. The van der Waals surface area contributed by atoms with Crippen LogP contribution in [-0.4, -0.2) is 30.4 Å². The zero-order chi connectivity index (χ0) is 15.6. The number of esters is 1. The van der Waals surface area contributed by atoms with Gasteiger partial charge in [0.05, 0.1) is 17.6 Å². The molecule has 1 fully saturated rings. The first-order valence-electron chi connectivity index (χ1n) is 6.79. The lowest BCUT2D eigenvalue weighted by Crippen LogP contribution is -2.28. The molecule has 2 rings (SSSR count). The molecule has 112 valence electrons. The smallest absolute Gasteiger partial charge is 0.338 e. The number of nitrogens with zero attached hydrogens (tertiary/aromatic N) is 1. The van der Waals surface area contributed by atoms with Crippen molar-refractivity contribution in [1.29, 1.82) is 0 Å². The molecule has 0 spiro atoms. The minimum absolute atomic E-state index is 0.131. The summed E-state index contributed by atoms with van der Waals surface area (Å²) >= 11 is 0. The molecule has 1 aliphatic rings. The van der Waals surface area contributed by atoms with E-state index in [9.17, 15) is 14.4 Å². The number of hydrogen-bond acceptors (Lipinski definition) is 4. The maximum Gasteiger partial charge on any atom is 0.338 e. The normalized spacial score (nSPS) is 18.1. The monoisotopic (exact) mass is 290 g/mol. The number of primary amides is 1. The van der Waals surface area contributed by atoms with E-state index < -0.39 is 17.8 Å². The average Bonchev–Trinajstić information content (AvgIpc) is 2.80. The van der Waals surface area contributed by atoms with Gasteiger partial charge in [0.15, 0.2) is 0 Å². The molecule has 21 heavy (non-hydrogen) atoms. The van der Waals surface area contributed by atoms with Crippen LogP contribution in [-0.2, 0) is 14.3 Å². The van der Waals surface area contributed by atoms with Crippen LogP contribution in [0, 0.1) is 5.92 Å². The van der Waals surface area contributed by atoms with Gasteiger partial charge in [-0.1, -0.05) is 0 Å². The van der Waals surface area contributed by atoms with E-state index in [1.54, 1.807) is 38.1 Å². The van der Waals surface area contributed by atoms with Crippen molar-refractivity contribution in [1.82, 2.24) is 0 Å². The summed E-state index contributed by atoms with van der Waals surface area (Å²) in [7, 11) is 0. The fourth-order valence-corrected chi connectivity index (χ4v) is 2.21. The molecule has 2 N–H and O–H groups in total. The average molecular weight is 290 g/mol. The van der Waals surface area contributed by atoms with Gasteiger partial charge in [-0.2, -0.15) is 0 Å². The van der Waals surface area contributed by atoms with Crippen LogP contribution in [0.4, 0.5) is 5.69 Å². The van der Waals surface area contributed by atoms with Crippen LogP contribution < -0.4 is 10.6 Å². The Balaban J connectivity index is 2.11. The Morgan fingerprint density at radius 3 is 2.38 bits per heavy atom. The number of anilines is 1. The Labute approximate surface area is 122 Å². The van der Waals surface area contributed by atoms with Crippen molar-refractivity contribution < 1.29 is 19.1 Å². The lowest BCUT2D eigenvalue weighted by atomic mass is 10.1. The Kier molecular flexibility index (Phi) is 4.26. The van der Waals surface area contributed by atoms with E-state index in [1.807, 2.05) is 0 Å². The molecule has 6 heteroatoms. The molecule has 0 radical (unpaired) electrons. The number of hydrogen-bond donors (Lipinski definition) is 1. The van der Waals surface area contributed by atoms with E-state index in [-0.39, 0.29) is 25.0 Å². The third-order valence-corrected chi connectivity index (χ3v) is 3.28. The zero-order valence-electron chi connectivity index (χ0n) is 12.0. The molecule has 1 aromatic rings. The highest BCUT2D eigenvalue weighted by atomic mass is 16.5. The number of benzene rings is 1. The Bertz CT molecular complexity index is 566. The minimum atomic E-state index is -0.469. The van der Waals surface area contributed by atoms with Crippen LogP contribution in [0.25, 0.3) is 0 Å². The zero-order valence-corrected chi connectivity index (χ0v) is 12.0. The molecule has 6 nitrogen and oxygen atoms in total. The first-order chi connectivity index (χ1) is 9.88. The fourth-order valence-electron chi connectivity index (χ4n) is 2.21. The van der Waals surface area contributed by atoms with Gasteiger partial charge in [-0.25, -0.2) is 4.79 Å². The molecule has 0 aromatic heterocycles. The van der Waals surface area contributed by atoms with E-state index in [4.69, 9.17) is 10.5 Å². The molecule has 0 aliphatic carbocycles. The summed E-state index contributed by atoms with van der Waals surface area (Å²) in [5, 5.41) is 0. The second kappa shape index (κ2) is 5.95. The van der Waals surface area contributed by atoms with Crippen molar-refractivity contribution >= 4 is 23.5 Å². The quantitative estimate of drug-likeness (QED) is 0.840. The van der Waals surface area contributed by atoms with Crippen molar-refractivity contribution in [2.24, 2.45) is 11.7 Å². The molecule has 1 aliphatic heterocycles. The van der Waals surface area contributed by atoms with Crippen LogP contribution in [0.15, 0.2) is 24.3 Å². The summed E-state index contributed by atoms with van der Waals surface area (Å²) in [4.78, 5) is 36.3. The third-order valence-electron chi connectivity index (χ3n) is 3.28. The van der Waals surface area contributed by atoms with E-state index in [2.05, 4.69) is 0 Å². The van der Waals surface area contributed by atoms with Gasteiger partial charge in [0.25, 0.3) is 0 Å². The number of ether oxygens (including phenoxy) is 1. The van der Waals surface area contributed by atoms with Gasteiger partial charge in [-0.05, 0) is 38.1 Å². The topological polar surface area (TPSA) is 89.7 Å². The standard InChI is InChI=1S/C15H18N2O4/c1-9(2)21-15(20)10-3-5-12(6-4-10)17-8-11(14(16)19)7-13(17)18/h3-6,9,11H,7-8H2,1-2H3,(H2,16,19). The summed E-state index contributed by atoms with van der Waals surface area (Å²) in [6, 6.07) is 6.53. The fraction of sp³-hybridized carbons (Fsp3) is 0.400. The van der Waals surface area contributed by atoms with E-state index in [0.717, 1.165) is 0 Å². The first kappa shape index (κ1) is 15.0. The number of carbonyl (C=O) groups is 3. The van der Waals surface area contributed by atoms with E-state index in [1.165, 1.54) is 4.90 Å². The van der Waals surface area contributed by atoms with Crippen molar-refractivity contribution in [2.75, 3.05) is 11.4 Å². The van der Waals surface area contributed by atoms with Gasteiger partial charge in [0, 0.05) is 18.7 Å². The number of carbonyl (C=O) groups excluding carboxylic acids is 3. The van der Waals surface area contributed by atoms with E-state index >= 15 is 0 Å².